The first-order valence-electron chi connectivity index (χ1n) is 6.29. The molecule has 3 rings (SSSR count). The van der Waals surface area contributed by atoms with Crippen molar-refractivity contribution in [3.63, 3.8) is 0 Å². The van der Waals surface area contributed by atoms with Crippen LogP contribution < -0.4 is 14.2 Å². The van der Waals surface area contributed by atoms with Gasteiger partial charge in [-0.05, 0) is 18.2 Å². The molecule has 1 aliphatic heterocycles. The van der Waals surface area contributed by atoms with Crippen LogP contribution in [0.4, 0.5) is 0 Å². The van der Waals surface area contributed by atoms with Gasteiger partial charge in [0.25, 0.3) is 0 Å². The molecule has 0 saturated carbocycles. The third-order valence-electron chi connectivity index (χ3n) is 2.96. The van der Waals surface area contributed by atoms with Crippen molar-refractivity contribution in [2.75, 3.05) is 6.61 Å². The molecule has 2 aromatic carbocycles. The van der Waals surface area contributed by atoms with E-state index in [0.29, 0.717) is 11.5 Å². The summed E-state index contributed by atoms with van der Waals surface area (Å²) in [5.41, 5.74) is 0. The fraction of sp³-hybridized carbons (Fsp3) is 0.133. The van der Waals surface area contributed by atoms with Gasteiger partial charge in [0.15, 0.2) is 17.2 Å². The summed E-state index contributed by atoms with van der Waals surface area (Å²) in [5, 5.41) is 0.692. The predicted molar refractivity (Wildman–Crippen MR) is 83.5 cm³/mol. The summed E-state index contributed by atoms with van der Waals surface area (Å²) in [6.45, 7) is 0.0504. The van der Waals surface area contributed by atoms with Gasteiger partial charge in [-0.1, -0.05) is 46.9 Å². The number of hydrogen-bond donors (Lipinski definition) is 0. The van der Waals surface area contributed by atoms with E-state index in [4.69, 9.17) is 49.0 Å². The molecule has 0 saturated heterocycles. The molecule has 1 heterocycles. The Labute approximate surface area is 141 Å². The highest BCUT2D eigenvalue weighted by Crippen LogP contribution is 2.35. The highest BCUT2D eigenvalue weighted by Gasteiger charge is 2.29. The minimum Gasteiger partial charge on any atom is -0.485 e. The first-order valence-corrected chi connectivity index (χ1v) is 7.42. The number of carbonyl (C=O) groups excluding carboxylic acids is 1. The van der Waals surface area contributed by atoms with Crippen LogP contribution in [0.1, 0.15) is 0 Å². The van der Waals surface area contributed by atoms with Crippen LogP contribution in [0.25, 0.3) is 0 Å². The first-order chi connectivity index (χ1) is 10.5. The topological polar surface area (TPSA) is 44.8 Å². The second kappa shape index (κ2) is 6.24. The van der Waals surface area contributed by atoms with Gasteiger partial charge in [0, 0.05) is 6.07 Å². The van der Waals surface area contributed by atoms with Gasteiger partial charge in [0.1, 0.15) is 6.61 Å². The highest BCUT2D eigenvalue weighted by atomic mass is 35.5. The summed E-state index contributed by atoms with van der Waals surface area (Å²) in [5.74, 6) is 0.549. The standard InChI is InChI=1S/C15H9Cl3O4/c16-8-5-10(18)13(6-9(8)17)22-15(19)14-7-20-11-3-1-2-4-12(11)21-14/h1-6,14H,7H2/t14-/m1/s1. The monoisotopic (exact) mass is 358 g/mol. The SMILES string of the molecule is O=C(Oc1cc(Cl)c(Cl)cc1Cl)[C@H]1COc2ccccc2O1. The molecule has 0 amide bonds. The number of para-hydroxylation sites is 2. The summed E-state index contributed by atoms with van der Waals surface area (Å²) in [6.07, 6.45) is -0.888. The molecule has 0 fully saturated rings. The Morgan fingerprint density at radius 1 is 1.05 bits per heavy atom. The second-order valence-electron chi connectivity index (χ2n) is 4.48. The molecule has 114 valence electrons. The van der Waals surface area contributed by atoms with Gasteiger partial charge in [-0.2, -0.15) is 0 Å². The Hall–Kier alpha value is -1.62. The lowest BCUT2D eigenvalue weighted by molar-refractivity contribution is -0.144. The Bertz CT molecular complexity index is 733. The van der Waals surface area contributed by atoms with Crippen LogP contribution in [0.3, 0.4) is 0 Å². The van der Waals surface area contributed by atoms with Gasteiger partial charge in [-0.3, -0.25) is 0 Å². The quantitative estimate of drug-likeness (QED) is 0.453. The van der Waals surface area contributed by atoms with Crippen LogP contribution in [-0.2, 0) is 4.79 Å². The van der Waals surface area contributed by atoms with E-state index in [1.54, 1.807) is 18.2 Å². The van der Waals surface area contributed by atoms with E-state index in [2.05, 4.69) is 0 Å². The summed E-state index contributed by atoms with van der Waals surface area (Å²) in [6, 6.07) is 9.85. The molecular weight excluding hydrogens is 351 g/mol. The van der Waals surface area contributed by atoms with Crippen molar-refractivity contribution in [3.8, 4) is 17.2 Å². The summed E-state index contributed by atoms with van der Waals surface area (Å²) < 4.78 is 16.2. The summed E-state index contributed by atoms with van der Waals surface area (Å²) >= 11 is 17.7. The number of carbonyl (C=O) groups is 1. The van der Waals surface area contributed by atoms with Gasteiger partial charge in [0.2, 0.25) is 6.10 Å². The second-order valence-corrected chi connectivity index (χ2v) is 5.70. The van der Waals surface area contributed by atoms with Crippen LogP contribution in [0.2, 0.25) is 15.1 Å². The maximum atomic E-state index is 12.2. The zero-order valence-electron chi connectivity index (χ0n) is 11.0. The van der Waals surface area contributed by atoms with Gasteiger partial charge >= 0.3 is 5.97 Å². The van der Waals surface area contributed by atoms with Crippen LogP contribution >= 0.6 is 34.8 Å². The first kappa shape index (κ1) is 15.3. The minimum atomic E-state index is -0.888. The van der Waals surface area contributed by atoms with E-state index in [1.807, 2.05) is 6.07 Å². The van der Waals surface area contributed by atoms with Crippen molar-refractivity contribution in [1.82, 2.24) is 0 Å². The summed E-state index contributed by atoms with van der Waals surface area (Å²) in [4.78, 5) is 12.2. The molecule has 1 atom stereocenters. The molecule has 0 unspecified atom stereocenters. The molecule has 0 aromatic heterocycles. The van der Waals surface area contributed by atoms with Crippen molar-refractivity contribution in [3.05, 3.63) is 51.5 Å². The van der Waals surface area contributed by atoms with E-state index in [0.717, 1.165) is 0 Å². The third-order valence-corrected chi connectivity index (χ3v) is 3.97. The number of rotatable bonds is 2. The average Bonchev–Trinajstić information content (AvgIpc) is 2.52. The van der Waals surface area contributed by atoms with Gasteiger partial charge < -0.3 is 14.2 Å². The van der Waals surface area contributed by atoms with Crippen molar-refractivity contribution in [2.45, 2.75) is 6.10 Å². The number of benzene rings is 2. The molecular formula is C15H9Cl3O4. The Morgan fingerprint density at radius 2 is 1.73 bits per heavy atom. The van der Waals surface area contributed by atoms with Crippen molar-refractivity contribution >= 4 is 40.8 Å². The Kier molecular flexibility index (Phi) is 4.34. The lowest BCUT2D eigenvalue weighted by atomic mass is 10.2. The molecule has 0 N–H and O–H groups in total. The zero-order chi connectivity index (χ0) is 15.7. The van der Waals surface area contributed by atoms with Crippen LogP contribution in [0.5, 0.6) is 17.2 Å². The van der Waals surface area contributed by atoms with E-state index >= 15 is 0 Å². The minimum absolute atomic E-state index is 0.0504. The van der Waals surface area contributed by atoms with E-state index < -0.39 is 12.1 Å². The largest absolute Gasteiger partial charge is 0.485 e. The predicted octanol–water partition coefficient (Wildman–Crippen LogP) is 4.39. The fourth-order valence-electron chi connectivity index (χ4n) is 1.89. The number of ether oxygens (including phenoxy) is 3. The average molecular weight is 360 g/mol. The van der Waals surface area contributed by atoms with Crippen molar-refractivity contribution < 1.29 is 19.0 Å². The Balaban J connectivity index is 1.75. The lowest BCUT2D eigenvalue weighted by Gasteiger charge is -2.25. The third kappa shape index (κ3) is 3.09. The van der Waals surface area contributed by atoms with E-state index in [-0.39, 0.29) is 27.4 Å². The van der Waals surface area contributed by atoms with Gasteiger partial charge in [-0.25, -0.2) is 4.79 Å². The van der Waals surface area contributed by atoms with E-state index in [1.165, 1.54) is 12.1 Å². The molecule has 0 radical (unpaired) electrons. The van der Waals surface area contributed by atoms with Gasteiger partial charge in [-0.15, -0.1) is 0 Å². The summed E-state index contributed by atoms with van der Waals surface area (Å²) in [7, 11) is 0. The van der Waals surface area contributed by atoms with Crippen molar-refractivity contribution in [1.29, 1.82) is 0 Å². The number of esters is 1. The molecule has 0 spiro atoms. The molecule has 1 aliphatic rings. The maximum Gasteiger partial charge on any atom is 0.356 e. The van der Waals surface area contributed by atoms with Crippen LogP contribution in [0, 0.1) is 0 Å². The zero-order valence-corrected chi connectivity index (χ0v) is 13.3. The molecule has 4 nitrogen and oxygen atoms in total. The fourth-order valence-corrected chi connectivity index (χ4v) is 2.47. The van der Waals surface area contributed by atoms with Gasteiger partial charge in [0.05, 0.1) is 15.1 Å². The molecule has 0 bridgehead atoms. The maximum absolute atomic E-state index is 12.2. The normalized spacial score (nSPS) is 16.2. The molecule has 0 aliphatic carbocycles. The smallest absolute Gasteiger partial charge is 0.356 e. The lowest BCUT2D eigenvalue weighted by Crippen LogP contribution is -2.39. The van der Waals surface area contributed by atoms with Crippen molar-refractivity contribution in [2.24, 2.45) is 0 Å². The van der Waals surface area contributed by atoms with Crippen LogP contribution in [-0.4, -0.2) is 18.7 Å². The van der Waals surface area contributed by atoms with Crippen LogP contribution in [0.15, 0.2) is 36.4 Å². The number of halogens is 3. The highest BCUT2D eigenvalue weighted by molar-refractivity contribution is 6.43. The number of hydrogen-bond acceptors (Lipinski definition) is 4. The molecule has 22 heavy (non-hydrogen) atoms. The Morgan fingerprint density at radius 3 is 2.50 bits per heavy atom. The molecule has 7 heteroatoms. The molecule has 2 aromatic rings. The van der Waals surface area contributed by atoms with E-state index in [9.17, 15) is 4.79 Å². The number of fused-ring (bicyclic) bond motifs is 1.